The highest BCUT2D eigenvalue weighted by Crippen LogP contribution is 2.23. The maximum absolute atomic E-state index is 10.4. The zero-order chi connectivity index (χ0) is 8.65. The van der Waals surface area contributed by atoms with Crippen LogP contribution in [-0.2, 0) is 4.79 Å². The first-order valence-electron chi connectivity index (χ1n) is 5.37. The summed E-state index contributed by atoms with van der Waals surface area (Å²) < 4.78 is 0. The number of carbonyl (C=O) groups excluding carboxylic acids is 1. The summed E-state index contributed by atoms with van der Waals surface area (Å²) in [6.45, 7) is 0. The van der Waals surface area contributed by atoms with Crippen LogP contribution in [-0.4, -0.2) is 6.29 Å². The molecular formula is C11H20O. The van der Waals surface area contributed by atoms with Crippen LogP contribution in [0.5, 0.6) is 0 Å². The summed E-state index contributed by atoms with van der Waals surface area (Å²) in [5.41, 5.74) is 0. The molecule has 1 aliphatic rings. The van der Waals surface area contributed by atoms with Gasteiger partial charge in [0.1, 0.15) is 6.29 Å². The number of hydrogen-bond donors (Lipinski definition) is 0. The van der Waals surface area contributed by atoms with Crippen LogP contribution in [0.4, 0.5) is 0 Å². The van der Waals surface area contributed by atoms with Crippen molar-refractivity contribution in [3.63, 3.8) is 0 Å². The quantitative estimate of drug-likeness (QED) is 0.578. The minimum absolute atomic E-state index is 0.709. The number of hydrogen-bond acceptors (Lipinski definition) is 1. The third kappa shape index (κ3) is 3.89. The average Bonchev–Trinajstić information content (AvgIpc) is 2.19. The molecule has 70 valence electrons. The van der Waals surface area contributed by atoms with Gasteiger partial charge in [0.15, 0.2) is 0 Å². The molecule has 0 aliphatic heterocycles. The van der Waals surface area contributed by atoms with Gasteiger partial charge in [-0.25, -0.2) is 0 Å². The molecule has 1 fully saturated rings. The number of aldehydes is 1. The topological polar surface area (TPSA) is 17.1 Å². The van der Waals surface area contributed by atoms with Crippen molar-refractivity contribution in [3.05, 3.63) is 0 Å². The molecule has 0 radical (unpaired) electrons. The summed E-state index contributed by atoms with van der Waals surface area (Å²) >= 11 is 0. The molecule has 0 amide bonds. The van der Waals surface area contributed by atoms with Crippen LogP contribution in [0.25, 0.3) is 0 Å². The van der Waals surface area contributed by atoms with E-state index < -0.39 is 0 Å². The SMILES string of the molecule is O=CCC1CCCCCCCC1. The van der Waals surface area contributed by atoms with Crippen LogP contribution >= 0.6 is 0 Å². The van der Waals surface area contributed by atoms with E-state index in [2.05, 4.69) is 0 Å². The van der Waals surface area contributed by atoms with Crippen molar-refractivity contribution in [1.29, 1.82) is 0 Å². The van der Waals surface area contributed by atoms with Gasteiger partial charge in [-0.2, -0.15) is 0 Å². The lowest BCUT2D eigenvalue weighted by Crippen LogP contribution is -2.00. The third-order valence-electron chi connectivity index (χ3n) is 2.90. The van der Waals surface area contributed by atoms with E-state index in [4.69, 9.17) is 0 Å². The molecule has 0 bridgehead atoms. The van der Waals surface area contributed by atoms with E-state index in [-0.39, 0.29) is 0 Å². The first-order valence-corrected chi connectivity index (χ1v) is 5.37. The van der Waals surface area contributed by atoms with E-state index in [1.54, 1.807) is 0 Å². The second-order valence-electron chi connectivity index (χ2n) is 3.97. The van der Waals surface area contributed by atoms with Crippen LogP contribution in [0.3, 0.4) is 0 Å². The van der Waals surface area contributed by atoms with E-state index in [0.717, 1.165) is 12.7 Å². The van der Waals surface area contributed by atoms with Crippen molar-refractivity contribution in [2.24, 2.45) is 5.92 Å². The molecule has 12 heavy (non-hydrogen) atoms. The highest BCUT2D eigenvalue weighted by molar-refractivity contribution is 5.49. The molecule has 0 saturated heterocycles. The van der Waals surface area contributed by atoms with Gasteiger partial charge in [-0.1, -0.05) is 51.4 Å². The van der Waals surface area contributed by atoms with Crippen molar-refractivity contribution >= 4 is 6.29 Å². The van der Waals surface area contributed by atoms with Gasteiger partial charge in [0.05, 0.1) is 0 Å². The summed E-state index contributed by atoms with van der Waals surface area (Å²) in [4.78, 5) is 10.4. The van der Waals surface area contributed by atoms with Gasteiger partial charge in [-0.3, -0.25) is 0 Å². The summed E-state index contributed by atoms with van der Waals surface area (Å²) in [6, 6.07) is 0. The Morgan fingerprint density at radius 1 is 0.917 bits per heavy atom. The molecule has 1 heteroatoms. The summed E-state index contributed by atoms with van der Waals surface area (Å²) in [5, 5.41) is 0. The van der Waals surface area contributed by atoms with Gasteiger partial charge in [0, 0.05) is 6.42 Å². The standard InChI is InChI=1S/C11H20O/c12-10-9-11-7-5-3-1-2-4-6-8-11/h10-11H,1-9H2. The molecule has 1 nitrogen and oxygen atoms in total. The van der Waals surface area contributed by atoms with Gasteiger partial charge >= 0.3 is 0 Å². The van der Waals surface area contributed by atoms with Crippen LogP contribution in [0.15, 0.2) is 0 Å². The smallest absolute Gasteiger partial charge is 0.120 e. The van der Waals surface area contributed by atoms with Gasteiger partial charge < -0.3 is 4.79 Å². The lowest BCUT2D eigenvalue weighted by Gasteiger charge is -2.11. The number of carbonyl (C=O) groups is 1. The predicted octanol–water partition coefficient (Wildman–Crippen LogP) is 3.33. The van der Waals surface area contributed by atoms with Crippen molar-refractivity contribution in [1.82, 2.24) is 0 Å². The number of rotatable bonds is 2. The second-order valence-corrected chi connectivity index (χ2v) is 3.97. The normalized spacial score (nSPS) is 22.3. The lowest BCUT2D eigenvalue weighted by molar-refractivity contribution is -0.108. The van der Waals surface area contributed by atoms with Crippen molar-refractivity contribution < 1.29 is 4.79 Å². The fourth-order valence-electron chi connectivity index (χ4n) is 2.09. The van der Waals surface area contributed by atoms with Crippen LogP contribution in [0.2, 0.25) is 0 Å². The Labute approximate surface area is 75.5 Å². The van der Waals surface area contributed by atoms with Crippen molar-refractivity contribution in [2.75, 3.05) is 0 Å². The maximum atomic E-state index is 10.4. The van der Waals surface area contributed by atoms with E-state index in [1.807, 2.05) is 0 Å². The van der Waals surface area contributed by atoms with Gasteiger partial charge in [-0.15, -0.1) is 0 Å². The molecule has 0 heterocycles. The molecule has 1 rings (SSSR count). The first kappa shape index (κ1) is 9.76. The molecule has 0 N–H and O–H groups in total. The Kier molecular flexibility index (Phi) is 5.05. The van der Waals surface area contributed by atoms with E-state index in [9.17, 15) is 4.79 Å². The highest BCUT2D eigenvalue weighted by atomic mass is 16.1. The Morgan fingerprint density at radius 3 is 1.92 bits per heavy atom. The maximum Gasteiger partial charge on any atom is 0.120 e. The molecule has 0 unspecified atom stereocenters. The van der Waals surface area contributed by atoms with Gasteiger partial charge in [0.2, 0.25) is 0 Å². The second kappa shape index (κ2) is 6.22. The zero-order valence-electron chi connectivity index (χ0n) is 7.93. The molecule has 0 aromatic carbocycles. The average molecular weight is 168 g/mol. The molecular weight excluding hydrogens is 148 g/mol. The molecule has 0 aromatic rings. The van der Waals surface area contributed by atoms with E-state index in [0.29, 0.717) is 5.92 Å². The zero-order valence-corrected chi connectivity index (χ0v) is 7.93. The molecule has 0 spiro atoms. The van der Waals surface area contributed by atoms with Gasteiger partial charge in [0.25, 0.3) is 0 Å². The lowest BCUT2D eigenvalue weighted by atomic mass is 9.94. The monoisotopic (exact) mass is 168 g/mol. The Balaban J connectivity index is 2.23. The molecule has 1 aliphatic carbocycles. The van der Waals surface area contributed by atoms with Crippen molar-refractivity contribution in [3.8, 4) is 0 Å². The summed E-state index contributed by atoms with van der Waals surface area (Å²) in [6.07, 6.45) is 12.8. The van der Waals surface area contributed by atoms with Crippen LogP contribution in [0, 0.1) is 5.92 Å². The molecule has 1 saturated carbocycles. The Morgan fingerprint density at radius 2 is 1.42 bits per heavy atom. The summed E-state index contributed by atoms with van der Waals surface area (Å²) in [5.74, 6) is 0.709. The minimum atomic E-state index is 0.709. The summed E-state index contributed by atoms with van der Waals surface area (Å²) in [7, 11) is 0. The van der Waals surface area contributed by atoms with E-state index >= 15 is 0 Å². The third-order valence-corrected chi connectivity index (χ3v) is 2.90. The van der Waals surface area contributed by atoms with Crippen LogP contribution < -0.4 is 0 Å². The van der Waals surface area contributed by atoms with Crippen LogP contribution in [0.1, 0.15) is 57.8 Å². The largest absolute Gasteiger partial charge is 0.303 e. The minimum Gasteiger partial charge on any atom is -0.303 e. The van der Waals surface area contributed by atoms with Crippen molar-refractivity contribution in [2.45, 2.75) is 57.8 Å². The fraction of sp³-hybridized carbons (Fsp3) is 0.909. The highest BCUT2D eigenvalue weighted by Gasteiger charge is 2.09. The van der Waals surface area contributed by atoms with E-state index in [1.165, 1.54) is 51.4 Å². The fourth-order valence-corrected chi connectivity index (χ4v) is 2.09. The van der Waals surface area contributed by atoms with Gasteiger partial charge in [-0.05, 0) is 5.92 Å². The molecule has 0 atom stereocenters. The molecule has 0 aromatic heterocycles. The Bertz CT molecular complexity index is 110. The Hall–Kier alpha value is -0.330. The predicted molar refractivity (Wildman–Crippen MR) is 51.1 cm³/mol. The first-order chi connectivity index (χ1) is 5.93.